The summed E-state index contributed by atoms with van der Waals surface area (Å²) in [5, 5.41) is 6.70. The van der Waals surface area contributed by atoms with E-state index >= 15 is 0 Å². The molecule has 6 nitrogen and oxygen atoms in total. The molecule has 1 aliphatic rings. The van der Waals surface area contributed by atoms with Crippen LogP contribution in [0.3, 0.4) is 0 Å². The lowest BCUT2D eigenvalue weighted by Gasteiger charge is -2.05. The Balaban J connectivity index is 1.70. The van der Waals surface area contributed by atoms with Gasteiger partial charge in [-0.15, -0.1) is 0 Å². The summed E-state index contributed by atoms with van der Waals surface area (Å²) in [4.78, 5) is 23.6. The third-order valence-corrected chi connectivity index (χ3v) is 3.78. The van der Waals surface area contributed by atoms with E-state index in [2.05, 4.69) is 10.4 Å². The number of rotatable bonds is 4. The lowest BCUT2D eigenvalue weighted by Crippen LogP contribution is -2.21. The molecule has 2 unspecified atom stereocenters. The van der Waals surface area contributed by atoms with Gasteiger partial charge in [0.05, 0.1) is 11.9 Å². The van der Waals surface area contributed by atoms with Crippen LogP contribution in [0.5, 0.6) is 0 Å². The number of nitrogens with zero attached hydrogens (tertiary/aromatic N) is 2. The molecule has 0 aliphatic heterocycles. The van der Waals surface area contributed by atoms with Crippen molar-refractivity contribution in [2.75, 3.05) is 5.32 Å². The van der Waals surface area contributed by atoms with Crippen molar-refractivity contribution in [1.29, 1.82) is 0 Å². The zero-order valence-electron chi connectivity index (χ0n) is 11.6. The van der Waals surface area contributed by atoms with Crippen LogP contribution in [-0.2, 0) is 11.8 Å². The molecule has 1 heterocycles. The van der Waals surface area contributed by atoms with E-state index in [1.807, 2.05) is 30.3 Å². The highest BCUT2D eigenvalue weighted by atomic mass is 16.2. The fourth-order valence-electron chi connectivity index (χ4n) is 2.60. The summed E-state index contributed by atoms with van der Waals surface area (Å²) in [6, 6.07) is 9.94. The minimum atomic E-state index is -0.610. The predicted octanol–water partition coefficient (Wildman–Crippen LogP) is 1.26. The Kier molecular flexibility index (Phi) is 3.21. The summed E-state index contributed by atoms with van der Waals surface area (Å²) in [5.41, 5.74) is 7.04. The summed E-state index contributed by atoms with van der Waals surface area (Å²) < 4.78 is 1.36. The van der Waals surface area contributed by atoms with Crippen molar-refractivity contribution in [3.05, 3.63) is 47.8 Å². The van der Waals surface area contributed by atoms with E-state index < -0.39 is 5.91 Å². The van der Waals surface area contributed by atoms with Gasteiger partial charge in [-0.2, -0.15) is 5.10 Å². The smallest absolute Gasteiger partial charge is 0.269 e. The Morgan fingerprint density at radius 1 is 1.33 bits per heavy atom. The number of hydrogen-bond donors (Lipinski definition) is 2. The minimum Gasteiger partial charge on any atom is -0.364 e. The summed E-state index contributed by atoms with van der Waals surface area (Å²) >= 11 is 0. The number of carbonyl (C=O) groups is 2. The fourth-order valence-corrected chi connectivity index (χ4v) is 2.60. The van der Waals surface area contributed by atoms with Crippen LogP contribution in [0.1, 0.15) is 28.4 Å². The first-order valence-electron chi connectivity index (χ1n) is 6.75. The van der Waals surface area contributed by atoms with E-state index in [9.17, 15) is 9.59 Å². The van der Waals surface area contributed by atoms with Crippen molar-refractivity contribution in [3.8, 4) is 0 Å². The Morgan fingerprint density at radius 3 is 2.71 bits per heavy atom. The number of carbonyl (C=O) groups excluding carboxylic acids is 2. The van der Waals surface area contributed by atoms with Gasteiger partial charge in [-0.3, -0.25) is 14.3 Å². The molecule has 21 heavy (non-hydrogen) atoms. The standard InChI is InChI=1S/C15H16N4O2/c1-19-13(14(16)20)12(8-17-19)18-15(21)11-7-10(11)9-5-3-2-4-6-9/h2-6,8,10-11H,7H2,1H3,(H2,16,20)(H,18,21). The molecule has 1 aromatic carbocycles. The van der Waals surface area contributed by atoms with Gasteiger partial charge >= 0.3 is 0 Å². The van der Waals surface area contributed by atoms with Gasteiger partial charge in [-0.25, -0.2) is 0 Å². The summed E-state index contributed by atoms with van der Waals surface area (Å²) in [7, 11) is 1.61. The van der Waals surface area contributed by atoms with Crippen LogP contribution >= 0.6 is 0 Å². The Morgan fingerprint density at radius 2 is 2.05 bits per heavy atom. The van der Waals surface area contributed by atoms with Crippen LogP contribution in [0.2, 0.25) is 0 Å². The molecule has 2 amide bonds. The van der Waals surface area contributed by atoms with Gasteiger partial charge in [-0.1, -0.05) is 30.3 Å². The van der Waals surface area contributed by atoms with Crippen molar-refractivity contribution in [2.45, 2.75) is 12.3 Å². The largest absolute Gasteiger partial charge is 0.364 e. The second-order valence-electron chi connectivity index (χ2n) is 5.24. The maximum Gasteiger partial charge on any atom is 0.269 e. The molecule has 6 heteroatoms. The quantitative estimate of drug-likeness (QED) is 0.885. The molecule has 1 saturated carbocycles. The lowest BCUT2D eigenvalue weighted by atomic mass is 10.1. The number of nitrogens with two attached hydrogens (primary N) is 1. The van der Waals surface area contributed by atoms with Crippen LogP contribution in [0.15, 0.2) is 36.5 Å². The molecule has 108 valence electrons. The first-order valence-corrected chi connectivity index (χ1v) is 6.75. The van der Waals surface area contributed by atoms with Gasteiger partial charge in [0.1, 0.15) is 5.69 Å². The molecule has 0 radical (unpaired) electrons. The van der Waals surface area contributed by atoms with Crippen molar-refractivity contribution in [2.24, 2.45) is 18.7 Å². The number of hydrogen-bond acceptors (Lipinski definition) is 3. The molecule has 0 bridgehead atoms. The molecule has 3 N–H and O–H groups in total. The molecule has 1 aliphatic carbocycles. The lowest BCUT2D eigenvalue weighted by molar-refractivity contribution is -0.117. The zero-order chi connectivity index (χ0) is 15.0. The average Bonchev–Trinajstić information content (AvgIpc) is 3.18. The number of amides is 2. The van der Waals surface area contributed by atoms with Crippen LogP contribution in [0, 0.1) is 5.92 Å². The molecular weight excluding hydrogens is 268 g/mol. The molecule has 3 rings (SSSR count). The van der Waals surface area contributed by atoms with Gasteiger partial charge in [0.25, 0.3) is 5.91 Å². The van der Waals surface area contributed by atoms with E-state index in [0.29, 0.717) is 5.69 Å². The second kappa shape index (κ2) is 5.05. The van der Waals surface area contributed by atoms with Crippen molar-refractivity contribution < 1.29 is 9.59 Å². The molecule has 2 atom stereocenters. The van der Waals surface area contributed by atoms with Crippen molar-refractivity contribution >= 4 is 17.5 Å². The van der Waals surface area contributed by atoms with Gasteiger partial charge in [0.2, 0.25) is 5.91 Å². The SMILES string of the molecule is Cn1ncc(NC(=O)C2CC2c2ccccc2)c1C(N)=O. The maximum atomic E-state index is 12.2. The van der Waals surface area contributed by atoms with E-state index in [1.54, 1.807) is 7.05 Å². The normalized spacial score (nSPS) is 20.0. The monoisotopic (exact) mass is 284 g/mol. The number of primary amides is 1. The Bertz CT molecular complexity index is 693. The predicted molar refractivity (Wildman–Crippen MR) is 77.6 cm³/mol. The van der Waals surface area contributed by atoms with Crippen molar-refractivity contribution in [3.63, 3.8) is 0 Å². The Hall–Kier alpha value is -2.63. The first kappa shape index (κ1) is 13.4. The van der Waals surface area contributed by atoms with E-state index in [0.717, 1.165) is 6.42 Å². The molecular formula is C15H16N4O2. The summed E-state index contributed by atoms with van der Waals surface area (Å²) in [6.07, 6.45) is 2.26. The van der Waals surface area contributed by atoms with Crippen LogP contribution in [-0.4, -0.2) is 21.6 Å². The number of anilines is 1. The molecule has 0 spiro atoms. The van der Waals surface area contributed by atoms with Gasteiger partial charge in [0, 0.05) is 13.0 Å². The molecule has 2 aromatic rings. The van der Waals surface area contributed by atoms with Crippen LogP contribution in [0.4, 0.5) is 5.69 Å². The highest BCUT2D eigenvalue weighted by Crippen LogP contribution is 2.47. The first-order chi connectivity index (χ1) is 10.1. The topological polar surface area (TPSA) is 90.0 Å². The highest BCUT2D eigenvalue weighted by molar-refractivity contribution is 6.03. The van der Waals surface area contributed by atoms with E-state index in [1.165, 1.54) is 16.4 Å². The highest BCUT2D eigenvalue weighted by Gasteiger charge is 2.44. The van der Waals surface area contributed by atoms with Gasteiger partial charge in [0.15, 0.2) is 0 Å². The van der Waals surface area contributed by atoms with Crippen LogP contribution < -0.4 is 11.1 Å². The van der Waals surface area contributed by atoms with E-state index in [-0.39, 0.29) is 23.4 Å². The van der Waals surface area contributed by atoms with Gasteiger partial charge < -0.3 is 11.1 Å². The zero-order valence-corrected chi connectivity index (χ0v) is 11.6. The number of aryl methyl sites for hydroxylation is 1. The Labute approximate surface area is 121 Å². The number of aromatic nitrogens is 2. The third kappa shape index (κ3) is 2.52. The minimum absolute atomic E-state index is 0.0617. The summed E-state index contributed by atoms with van der Waals surface area (Å²) in [5.74, 6) is -0.520. The fraction of sp³-hybridized carbons (Fsp3) is 0.267. The van der Waals surface area contributed by atoms with Crippen LogP contribution in [0.25, 0.3) is 0 Å². The molecule has 1 aromatic heterocycles. The van der Waals surface area contributed by atoms with Crippen molar-refractivity contribution in [1.82, 2.24) is 9.78 Å². The average molecular weight is 284 g/mol. The molecule has 1 fully saturated rings. The van der Waals surface area contributed by atoms with E-state index in [4.69, 9.17) is 5.73 Å². The third-order valence-electron chi connectivity index (χ3n) is 3.78. The van der Waals surface area contributed by atoms with Gasteiger partial charge in [-0.05, 0) is 17.9 Å². The molecule has 0 saturated heterocycles. The number of nitrogens with one attached hydrogen (secondary N) is 1. The second-order valence-corrected chi connectivity index (χ2v) is 5.24. The summed E-state index contributed by atoms with van der Waals surface area (Å²) in [6.45, 7) is 0. The number of benzene rings is 1. The maximum absolute atomic E-state index is 12.2.